The summed E-state index contributed by atoms with van der Waals surface area (Å²) in [5.74, 6) is 0. The van der Waals surface area contributed by atoms with Gasteiger partial charge in [-0.2, -0.15) is 0 Å². The number of likely N-dealkylation sites (N-methyl/N-ethyl adjacent to an activating group) is 1. The van der Waals surface area contributed by atoms with Crippen LogP contribution in [0.25, 0.3) is 27.8 Å². The van der Waals surface area contributed by atoms with Crippen LogP contribution in [0, 0.1) is 6.07 Å². The molecule has 0 saturated heterocycles. The summed E-state index contributed by atoms with van der Waals surface area (Å²) >= 11 is 1.47. The number of rotatable bonds is 13. The Hall–Kier alpha value is -1.41. The standard InChI is InChI=1S/C15H10N.C12H30N5.ClH.Ir/c1-2-7-13(8-3-1)15-14-9-5-4-6-12(14)10-11-16-15;1-3-8-17(10-5-14)12-7-15-6-11-16(2)9-4-13;;/h1-7,9-11H;14-15H,3-13H2,1-2H3;1H;/q2*-1;;+3. The monoisotopic (exact) mass is 677 g/mol. The Kier molecular flexibility index (Phi) is 18.7. The van der Waals surface area contributed by atoms with Crippen molar-refractivity contribution in [2.45, 2.75) is 13.3 Å². The van der Waals surface area contributed by atoms with Gasteiger partial charge in [-0.25, -0.2) is 0 Å². The van der Waals surface area contributed by atoms with E-state index in [1.54, 1.807) is 0 Å². The number of benzene rings is 2. The molecule has 8 heteroatoms. The SMILES string of the molecule is CCCN(CC[NH-])CCNCCN(C)CC[NH3+].[Cl][Ir+2].[c-]1ccccc1-c1nccc2ccccc12. The minimum absolute atomic E-state index is 0.506. The van der Waals surface area contributed by atoms with E-state index < -0.39 is 0 Å². The van der Waals surface area contributed by atoms with Gasteiger partial charge in [0, 0.05) is 38.9 Å². The number of nitrogens with zero attached hydrogens (tertiary/aromatic N) is 3. The molecule has 0 radical (unpaired) electrons. The first-order chi connectivity index (χ1) is 17.2. The summed E-state index contributed by atoms with van der Waals surface area (Å²) in [6, 6.07) is 21.4. The zero-order valence-electron chi connectivity index (χ0n) is 21.1. The van der Waals surface area contributed by atoms with Crippen molar-refractivity contribution in [3.63, 3.8) is 0 Å². The Balaban J connectivity index is 0.000000327. The molecule has 0 bridgehead atoms. The summed E-state index contributed by atoms with van der Waals surface area (Å²) < 4.78 is 0. The Morgan fingerprint density at radius 1 is 1.00 bits per heavy atom. The molecule has 0 aliphatic rings. The maximum absolute atomic E-state index is 7.26. The third-order valence-corrected chi connectivity index (χ3v) is 5.42. The number of quaternary nitrogens is 1. The van der Waals surface area contributed by atoms with Gasteiger partial charge in [0.05, 0.1) is 6.54 Å². The third-order valence-electron chi connectivity index (χ3n) is 5.42. The summed E-state index contributed by atoms with van der Waals surface area (Å²) in [5, 5.41) is 5.84. The number of hydrogen-bond acceptors (Lipinski definition) is 4. The van der Waals surface area contributed by atoms with Crippen LogP contribution in [0.15, 0.2) is 60.8 Å². The van der Waals surface area contributed by atoms with Crippen molar-refractivity contribution in [3.8, 4) is 11.3 Å². The second-order valence-corrected chi connectivity index (χ2v) is 8.16. The third kappa shape index (κ3) is 12.9. The van der Waals surface area contributed by atoms with Gasteiger partial charge >= 0.3 is 27.5 Å². The van der Waals surface area contributed by atoms with Crippen LogP contribution in [0.4, 0.5) is 0 Å². The van der Waals surface area contributed by atoms with Gasteiger partial charge in [0.15, 0.2) is 0 Å². The summed E-state index contributed by atoms with van der Waals surface area (Å²) in [4.78, 5) is 9.11. The van der Waals surface area contributed by atoms with Crippen LogP contribution in [-0.2, 0) is 17.9 Å². The number of hydrogen-bond donors (Lipinski definition) is 2. The molecule has 0 amide bonds. The van der Waals surface area contributed by atoms with Crippen molar-refractivity contribution in [2.75, 3.05) is 66.0 Å². The fourth-order valence-corrected chi connectivity index (χ4v) is 3.70. The Labute approximate surface area is 226 Å². The predicted molar refractivity (Wildman–Crippen MR) is 146 cm³/mol. The number of nitrogens with one attached hydrogen (secondary N) is 2. The molecular weight excluding hydrogens is 636 g/mol. The molecule has 2 aromatic carbocycles. The molecule has 1 heterocycles. The van der Waals surface area contributed by atoms with E-state index >= 15 is 0 Å². The van der Waals surface area contributed by atoms with E-state index in [4.69, 9.17) is 5.73 Å². The smallest absolute Gasteiger partial charge is 0.0167 e. The predicted octanol–water partition coefficient (Wildman–Crippen LogP) is 3.90. The molecule has 5 N–H and O–H groups in total. The summed E-state index contributed by atoms with van der Waals surface area (Å²) in [6.07, 6.45) is 3.02. The number of halogens is 1. The van der Waals surface area contributed by atoms with Gasteiger partial charge in [-0.15, -0.1) is 42.4 Å². The maximum atomic E-state index is 7.26. The van der Waals surface area contributed by atoms with E-state index in [2.05, 4.69) is 67.6 Å². The van der Waals surface area contributed by atoms with Crippen LogP contribution in [0.1, 0.15) is 13.3 Å². The van der Waals surface area contributed by atoms with Crippen LogP contribution >= 0.6 is 9.58 Å². The fourth-order valence-electron chi connectivity index (χ4n) is 3.70. The van der Waals surface area contributed by atoms with Crippen LogP contribution in [0.3, 0.4) is 0 Å². The van der Waals surface area contributed by atoms with Gasteiger partial charge in [0.25, 0.3) is 0 Å². The van der Waals surface area contributed by atoms with Crippen molar-refractivity contribution in [1.82, 2.24) is 20.1 Å². The van der Waals surface area contributed by atoms with Crippen molar-refractivity contribution in [1.29, 1.82) is 0 Å². The first kappa shape index (κ1) is 31.6. The fraction of sp³-hybridized carbons (Fsp3) is 0.444. The van der Waals surface area contributed by atoms with E-state index in [0.29, 0.717) is 6.54 Å². The van der Waals surface area contributed by atoms with Gasteiger partial charge in [-0.05, 0) is 49.1 Å². The second kappa shape index (κ2) is 20.7. The quantitative estimate of drug-likeness (QED) is 0.213. The molecule has 3 aromatic rings. The Morgan fingerprint density at radius 2 is 1.74 bits per heavy atom. The van der Waals surface area contributed by atoms with Gasteiger partial charge in [0.1, 0.15) is 0 Å². The second-order valence-electron chi connectivity index (χ2n) is 8.16. The minimum Gasteiger partial charge on any atom is -0.304 e. The topological polar surface area (TPSA) is 82.8 Å². The van der Waals surface area contributed by atoms with Gasteiger partial charge in [-0.1, -0.05) is 31.2 Å². The van der Waals surface area contributed by atoms with E-state index in [1.807, 2.05) is 48.7 Å². The molecule has 0 aliphatic carbocycles. The largest absolute Gasteiger partial charge is 0.304 e. The Morgan fingerprint density at radius 3 is 2.43 bits per heavy atom. The molecule has 0 aliphatic heterocycles. The summed E-state index contributed by atoms with van der Waals surface area (Å²) in [7, 11) is 6.77. The van der Waals surface area contributed by atoms with Crippen LogP contribution < -0.4 is 11.1 Å². The van der Waals surface area contributed by atoms with Gasteiger partial charge < -0.3 is 26.7 Å². The van der Waals surface area contributed by atoms with E-state index in [0.717, 1.165) is 63.6 Å². The molecule has 35 heavy (non-hydrogen) atoms. The van der Waals surface area contributed by atoms with Gasteiger partial charge in [-0.3, -0.25) is 4.90 Å². The average Bonchev–Trinajstić information content (AvgIpc) is 2.90. The minimum atomic E-state index is 0.506. The molecule has 0 spiro atoms. The van der Waals surface area contributed by atoms with Crippen molar-refractivity contribution < 1.29 is 23.6 Å². The van der Waals surface area contributed by atoms with Crippen LogP contribution in [0.5, 0.6) is 0 Å². The summed E-state index contributed by atoms with van der Waals surface area (Å²) in [6.45, 7) is 11.0. The maximum Gasteiger partial charge on any atom is 0.0167 e. The van der Waals surface area contributed by atoms with Gasteiger partial charge in [0.2, 0.25) is 0 Å². The molecule has 6 nitrogen and oxygen atoms in total. The molecular formula is C27H41ClIrN6+. The van der Waals surface area contributed by atoms with Crippen LogP contribution in [-0.4, -0.2) is 80.7 Å². The molecule has 1 aromatic heterocycles. The van der Waals surface area contributed by atoms with Crippen LogP contribution in [0.2, 0.25) is 0 Å². The normalized spacial score (nSPS) is 10.6. The molecule has 3 rings (SSSR count). The molecule has 0 atom stereocenters. The zero-order valence-corrected chi connectivity index (χ0v) is 24.3. The van der Waals surface area contributed by atoms with E-state index in [-0.39, 0.29) is 0 Å². The summed E-state index contributed by atoms with van der Waals surface area (Å²) in [5.41, 5.74) is 13.1. The molecule has 194 valence electrons. The van der Waals surface area contributed by atoms with Crippen molar-refractivity contribution >= 4 is 20.4 Å². The first-order valence-corrected chi connectivity index (χ1v) is 15.1. The number of fused-ring (bicyclic) bond motifs is 1. The van der Waals surface area contributed by atoms with Crippen molar-refractivity contribution in [2.24, 2.45) is 0 Å². The molecule has 0 unspecified atom stereocenters. The number of pyridine rings is 1. The number of aromatic nitrogens is 1. The van der Waals surface area contributed by atoms with Crippen molar-refractivity contribution in [3.05, 3.63) is 72.6 Å². The first-order valence-electron chi connectivity index (χ1n) is 12.2. The van der Waals surface area contributed by atoms with E-state index in [1.165, 1.54) is 35.1 Å². The van der Waals surface area contributed by atoms with E-state index in [9.17, 15) is 0 Å². The molecule has 0 fully saturated rings. The average molecular weight is 677 g/mol. The molecule has 0 saturated carbocycles. The zero-order chi connectivity index (χ0) is 25.7. The Bertz CT molecular complexity index is 888.